The smallest absolute Gasteiger partial charge is 0.407 e. The normalized spacial score (nSPS) is 17.0. The van der Waals surface area contributed by atoms with E-state index in [1.54, 1.807) is 7.11 Å². The van der Waals surface area contributed by atoms with E-state index in [2.05, 4.69) is 27.3 Å². The van der Waals surface area contributed by atoms with Gasteiger partial charge >= 0.3 is 6.09 Å². The third kappa shape index (κ3) is 7.11. The summed E-state index contributed by atoms with van der Waals surface area (Å²) in [6.07, 6.45) is 7.59. The Morgan fingerprint density at radius 2 is 2.10 bits per heavy atom. The predicted octanol–water partition coefficient (Wildman–Crippen LogP) is 6.14. The lowest BCUT2D eigenvalue weighted by Gasteiger charge is -2.28. The first-order valence-electron chi connectivity index (χ1n) is 10.0. The van der Waals surface area contributed by atoms with E-state index in [9.17, 15) is 4.79 Å². The van der Waals surface area contributed by atoms with Crippen LogP contribution in [0.3, 0.4) is 0 Å². The zero-order valence-electron chi connectivity index (χ0n) is 18.0. The molecule has 1 aromatic carbocycles. The van der Waals surface area contributed by atoms with E-state index >= 15 is 0 Å². The zero-order valence-corrected chi connectivity index (χ0v) is 19.6. The molecule has 1 aromatic rings. The fourth-order valence-corrected chi connectivity index (χ4v) is 3.59. The first kappa shape index (κ1) is 23.3. The van der Waals surface area contributed by atoms with Crippen LogP contribution in [-0.2, 0) is 4.74 Å². The summed E-state index contributed by atoms with van der Waals surface area (Å²) in [6, 6.07) is 3.95. The van der Waals surface area contributed by atoms with Gasteiger partial charge in [-0.25, -0.2) is 4.79 Å². The number of allylic oxidation sites excluding steroid dienone is 1. The second-order valence-electron chi connectivity index (χ2n) is 8.10. The molecule has 5 nitrogen and oxygen atoms in total. The van der Waals surface area contributed by atoms with E-state index in [4.69, 9.17) is 14.2 Å². The standard InChI is InChI=1S/C23H32BrNO4/c1-16-17(12-14-24)10-11-20(27-5)21(16)28-19-9-7-6-8-18(19)13-15-25-22(26)29-23(2,3)4/h8,10-12,14,19H,6-7,9,13,15H2,1-5H3,(H,25,26)/b14-12-. The third-order valence-electron chi connectivity index (χ3n) is 4.71. The number of halogens is 1. The lowest BCUT2D eigenvalue weighted by atomic mass is 9.93. The van der Waals surface area contributed by atoms with Crippen LogP contribution in [0.1, 0.15) is 57.6 Å². The summed E-state index contributed by atoms with van der Waals surface area (Å²) in [5.74, 6) is 1.50. The molecule has 6 heteroatoms. The summed E-state index contributed by atoms with van der Waals surface area (Å²) in [5, 5.41) is 2.83. The largest absolute Gasteiger partial charge is 0.493 e. The SMILES string of the molecule is COc1ccc(/C=C\Br)c(C)c1OC1CCCC=C1CCNC(=O)OC(C)(C)C. The van der Waals surface area contributed by atoms with Crippen LogP contribution in [0.4, 0.5) is 4.79 Å². The Morgan fingerprint density at radius 3 is 2.76 bits per heavy atom. The third-order valence-corrected chi connectivity index (χ3v) is 4.97. The first-order valence-corrected chi connectivity index (χ1v) is 10.9. The minimum Gasteiger partial charge on any atom is -0.493 e. The van der Waals surface area contributed by atoms with Gasteiger partial charge in [-0.3, -0.25) is 0 Å². The fourth-order valence-electron chi connectivity index (χ4n) is 3.31. The van der Waals surface area contributed by atoms with Crippen LogP contribution in [0.15, 0.2) is 28.8 Å². The number of ether oxygens (including phenoxy) is 3. The van der Waals surface area contributed by atoms with Crippen LogP contribution in [0.5, 0.6) is 11.5 Å². The molecule has 1 atom stereocenters. The van der Waals surface area contributed by atoms with Crippen molar-refractivity contribution < 1.29 is 19.0 Å². The van der Waals surface area contributed by atoms with Crippen LogP contribution in [-0.4, -0.2) is 31.5 Å². The second-order valence-corrected chi connectivity index (χ2v) is 8.63. The van der Waals surface area contributed by atoms with E-state index in [1.165, 1.54) is 5.57 Å². The van der Waals surface area contributed by atoms with Gasteiger partial charge in [-0.1, -0.05) is 28.1 Å². The second kappa shape index (κ2) is 10.7. The van der Waals surface area contributed by atoms with Crippen molar-refractivity contribution in [1.82, 2.24) is 5.32 Å². The highest BCUT2D eigenvalue weighted by Gasteiger charge is 2.23. The van der Waals surface area contributed by atoms with Gasteiger partial charge in [0.1, 0.15) is 11.7 Å². The lowest BCUT2D eigenvalue weighted by molar-refractivity contribution is 0.0527. The summed E-state index contributed by atoms with van der Waals surface area (Å²) >= 11 is 3.34. The minimum atomic E-state index is -0.498. The van der Waals surface area contributed by atoms with Crippen LogP contribution in [0.25, 0.3) is 6.08 Å². The molecule has 0 aromatic heterocycles. The summed E-state index contributed by atoms with van der Waals surface area (Å²) < 4.78 is 17.3. The molecular formula is C23H32BrNO4. The fraction of sp³-hybridized carbons (Fsp3) is 0.522. The molecule has 2 rings (SSSR count). The molecule has 0 fully saturated rings. The highest BCUT2D eigenvalue weighted by atomic mass is 79.9. The molecule has 0 aliphatic heterocycles. The van der Waals surface area contributed by atoms with Gasteiger partial charge in [0.25, 0.3) is 0 Å². The number of carbonyl (C=O) groups is 1. The maximum atomic E-state index is 11.9. The Labute approximate surface area is 182 Å². The van der Waals surface area contributed by atoms with Crippen LogP contribution < -0.4 is 14.8 Å². The Kier molecular flexibility index (Phi) is 8.62. The molecule has 0 bridgehead atoms. The molecule has 0 radical (unpaired) electrons. The van der Waals surface area contributed by atoms with Crippen molar-refractivity contribution >= 4 is 28.1 Å². The Morgan fingerprint density at radius 1 is 1.34 bits per heavy atom. The number of methoxy groups -OCH3 is 1. The quantitative estimate of drug-likeness (QED) is 0.491. The van der Waals surface area contributed by atoms with Crippen molar-refractivity contribution in [3.05, 3.63) is 39.9 Å². The number of carbonyl (C=O) groups excluding carboxylic acids is 1. The Bertz CT molecular complexity index is 765. The summed E-state index contributed by atoms with van der Waals surface area (Å²) in [7, 11) is 1.66. The Hall–Kier alpha value is -1.95. The topological polar surface area (TPSA) is 56.8 Å². The van der Waals surface area contributed by atoms with Gasteiger partial charge in [0.15, 0.2) is 11.5 Å². The van der Waals surface area contributed by atoms with E-state index in [0.717, 1.165) is 48.3 Å². The molecule has 160 valence electrons. The van der Waals surface area contributed by atoms with Gasteiger partial charge < -0.3 is 19.5 Å². The average Bonchev–Trinajstić information content (AvgIpc) is 2.65. The highest BCUT2D eigenvalue weighted by Crippen LogP contribution is 2.37. The van der Waals surface area contributed by atoms with Crippen molar-refractivity contribution in [3.8, 4) is 11.5 Å². The highest BCUT2D eigenvalue weighted by molar-refractivity contribution is 9.11. The number of benzene rings is 1. The maximum absolute atomic E-state index is 11.9. The van der Waals surface area contributed by atoms with Gasteiger partial charge in [-0.15, -0.1) is 0 Å². The first-order chi connectivity index (χ1) is 13.7. The molecular weight excluding hydrogens is 434 g/mol. The maximum Gasteiger partial charge on any atom is 0.407 e. The summed E-state index contributed by atoms with van der Waals surface area (Å²) in [5.41, 5.74) is 2.82. The summed E-state index contributed by atoms with van der Waals surface area (Å²) in [6.45, 7) is 8.12. The molecule has 1 amide bonds. The lowest BCUT2D eigenvalue weighted by Crippen LogP contribution is -2.34. The number of hydrogen-bond donors (Lipinski definition) is 1. The molecule has 1 aliphatic rings. The molecule has 29 heavy (non-hydrogen) atoms. The van der Waals surface area contributed by atoms with E-state index in [0.29, 0.717) is 6.54 Å². The number of rotatable bonds is 7. The van der Waals surface area contributed by atoms with E-state index in [-0.39, 0.29) is 6.10 Å². The molecule has 1 unspecified atom stereocenters. The molecule has 1 aliphatic carbocycles. The predicted molar refractivity (Wildman–Crippen MR) is 121 cm³/mol. The molecule has 1 N–H and O–H groups in total. The molecule has 0 saturated carbocycles. The van der Waals surface area contributed by atoms with Gasteiger partial charge in [0, 0.05) is 12.1 Å². The average molecular weight is 466 g/mol. The summed E-state index contributed by atoms with van der Waals surface area (Å²) in [4.78, 5) is 13.7. The van der Waals surface area contributed by atoms with Crippen LogP contribution >= 0.6 is 15.9 Å². The van der Waals surface area contributed by atoms with Crippen molar-refractivity contribution in [2.75, 3.05) is 13.7 Å². The van der Waals surface area contributed by atoms with Crippen LogP contribution in [0.2, 0.25) is 0 Å². The molecule has 0 heterocycles. The van der Waals surface area contributed by atoms with Crippen LogP contribution in [0, 0.1) is 6.92 Å². The van der Waals surface area contributed by atoms with Gasteiger partial charge in [0.05, 0.1) is 7.11 Å². The van der Waals surface area contributed by atoms with Crippen molar-refractivity contribution in [2.24, 2.45) is 0 Å². The number of alkyl carbamates (subject to hydrolysis) is 1. The van der Waals surface area contributed by atoms with Crippen molar-refractivity contribution in [3.63, 3.8) is 0 Å². The van der Waals surface area contributed by atoms with E-state index < -0.39 is 11.7 Å². The monoisotopic (exact) mass is 465 g/mol. The molecule has 0 spiro atoms. The van der Waals surface area contributed by atoms with Gasteiger partial charge in [-0.05, 0) is 81.6 Å². The zero-order chi connectivity index (χ0) is 21.4. The number of hydrogen-bond acceptors (Lipinski definition) is 4. The van der Waals surface area contributed by atoms with E-state index in [1.807, 2.05) is 50.9 Å². The minimum absolute atomic E-state index is 0.0278. The van der Waals surface area contributed by atoms with Gasteiger partial charge in [-0.2, -0.15) is 0 Å². The Balaban J connectivity index is 2.08. The molecule has 0 saturated heterocycles. The number of nitrogens with one attached hydrogen (secondary N) is 1. The van der Waals surface area contributed by atoms with Crippen molar-refractivity contribution in [2.45, 2.75) is 65.1 Å². The van der Waals surface area contributed by atoms with Gasteiger partial charge in [0.2, 0.25) is 0 Å². The van der Waals surface area contributed by atoms with Crippen molar-refractivity contribution in [1.29, 1.82) is 0 Å². The number of amides is 1.